The number of carbonyl (C=O) groups is 1. The van der Waals surface area contributed by atoms with Gasteiger partial charge in [-0.15, -0.1) is 11.3 Å². The lowest BCUT2D eigenvalue weighted by atomic mass is 9.83. The fourth-order valence-corrected chi connectivity index (χ4v) is 4.58. The summed E-state index contributed by atoms with van der Waals surface area (Å²) in [5, 5.41) is 18.4. The van der Waals surface area contributed by atoms with Crippen LogP contribution >= 0.6 is 11.3 Å². The molecule has 0 bridgehead atoms. The van der Waals surface area contributed by atoms with E-state index in [-0.39, 0.29) is 23.5 Å². The molecular formula is C22H21F3N4O2S. The monoisotopic (exact) mass is 462 g/mol. The minimum Gasteiger partial charge on any atom is -0.506 e. The normalized spacial score (nSPS) is 14.9. The van der Waals surface area contributed by atoms with E-state index in [9.17, 15) is 23.1 Å². The molecule has 2 heterocycles. The SMILES string of the molecule is Cc1nc(NC(=O)Nc2ccccc2N2CC(C)(C)c3c(C(F)(F)F)ccc(O)c32)cs1. The maximum Gasteiger partial charge on any atom is 0.416 e. The molecule has 3 aromatic rings. The second kappa shape index (κ2) is 7.70. The summed E-state index contributed by atoms with van der Waals surface area (Å²) in [6.07, 6.45) is -4.56. The molecule has 0 unspecified atom stereocenters. The van der Waals surface area contributed by atoms with Gasteiger partial charge in [0, 0.05) is 17.3 Å². The second-order valence-electron chi connectivity index (χ2n) is 8.17. The molecule has 0 radical (unpaired) electrons. The first-order valence-electron chi connectivity index (χ1n) is 9.78. The van der Waals surface area contributed by atoms with E-state index in [4.69, 9.17) is 0 Å². The number of nitrogens with zero attached hydrogens (tertiary/aromatic N) is 2. The molecular weight excluding hydrogens is 441 g/mol. The molecule has 1 aliphatic rings. The van der Waals surface area contributed by atoms with Crippen LogP contribution in [0.3, 0.4) is 0 Å². The van der Waals surface area contributed by atoms with Gasteiger partial charge in [0.25, 0.3) is 0 Å². The van der Waals surface area contributed by atoms with Crippen LogP contribution in [0.4, 0.5) is 40.8 Å². The maximum atomic E-state index is 13.7. The van der Waals surface area contributed by atoms with E-state index in [0.29, 0.717) is 17.2 Å². The fourth-order valence-electron chi connectivity index (χ4n) is 4.04. The molecule has 2 aromatic carbocycles. The molecule has 0 aliphatic carbocycles. The van der Waals surface area contributed by atoms with Crippen LogP contribution in [0.15, 0.2) is 41.8 Å². The van der Waals surface area contributed by atoms with Crippen LogP contribution in [-0.4, -0.2) is 22.7 Å². The Kier molecular flexibility index (Phi) is 5.28. The van der Waals surface area contributed by atoms with Crippen molar-refractivity contribution in [1.29, 1.82) is 0 Å². The topological polar surface area (TPSA) is 77.5 Å². The molecule has 168 valence electrons. The van der Waals surface area contributed by atoms with Crippen molar-refractivity contribution >= 4 is 40.2 Å². The minimum absolute atomic E-state index is 0.0298. The molecule has 0 fully saturated rings. The van der Waals surface area contributed by atoms with Gasteiger partial charge in [-0.1, -0.05) is 26.0 Å². The van der Waals surface area contributed by atoms with Gasteiger partial charge in [0.1, 0.15) is 11.6 Å². The smallest absolute Gasteiger partial charge is 0.416 e. The molecule has 0 spiro atoms. The average molecular weight is 462 g/mol. The summed E-state index contributed by atoms with van der Waals surface area (Å²) in [7, 11) is 0. The summed E-state index contributed by atoms with van der Waals surface area (Å²) >= 11 is 1.39. The molecule has 1 aromatic heterocycles. The van der Waals surface area contributed by atoms with Crippen LogP contribution in [0, 0.1) is 6.92 Å². The molecule has 1 aliphatic heterocycles. The van der Waals surface area contributed by atoms with Gasteiger partial charge in [0.2, 0.25) is 0 Å². The standard InChI is InChI=1S/C22H21F3N4O2S/c1-12-26-17(10-32-12)28-20(31)27-14-6-4-5-7-15(14)29-11-21(2,3)18-13(22(23,24)25)8-9-16(30)19(18)29/h4-10,30H,11H2,1-3H3,(H2,27,28,31). The highest BCUT2D eigenvalue weighted by Gasteiger charge is 2.46. The number of halogens is 3. The van der Waals surface area contributed by atoms with E-state index in [1.54, 1.807) is 48.4 Å². The zero-order valence-corrected chi connectivity index (χ0v) is 18.4. The number of hydrogen-bond donors (Lipinski definition) is 3. The van der Waals surface area contributed by atoms with Crippen LogP contribution < -0.4 is 15.5 Å². The van der Waals surface area contributed by atoms with Gasteiger partial charge >= 0.3 is 12.2 Å². The third-order valence-electron chi connectivity index (χ3n) is 5.27. The number of phenols is 1. The highest BCUT2D eigenvalue weighted by atomic mass is 32.1. The lowest BCUT2D eigenvalue weighted by Gasteiger charge is -2.25. The van der Waals surface area contributed by atoms with E-state index in [1.165, 1.54) is 11.3 Å². The number of aromatic nitrogens is 1. The molecule has 32 heavy (non-hydrogen) atoms. The summed E-state index contributed by atoms with van der Waals surface area (Å²) in [5.74, 6) is 0.151. The van der Waals surface area contributed by atoms with E-state index < -0.39 is 23.2 Å². The van der Waals surface area contributed by atoms with Crippen LogP contribution in [0.1, 0.15) is 30.0 Å². The molecule has 0 atom stereocenters. The van der Waals surface area contributed by atoms with E-state index in [2.05, 4.69) is 15.6 Å². The third kappa shape index (κ3) is 3.97. The lowest BCUT2D eigenvalue weighted by molar-refractivity contribution is -0.138. The zero-order valence-electron chi connectivity index (χ0n) is 17.5. The summed E-state index contributed by atoms with van der Waals surface area (Å²) in [4.78, 5) is 18.3. The fraction of sp³-hybridized carbons (Fsp3) is 0.273. The molecule has 10 heteroatoms. The van der Waals surface area contributed by atoms with Crippen molar-refractivity contribution in [3.63, 3.8) is 0 Å². The molecule has 0 saturated heterocycles. The number of thiazole rings is 1. The molecule has 2 amide bonds. The average Bonchev–Trinajstić information content (AvgIpc) is 3.22. The molecule has 0 saturated carbocycles. The van der Waals surface area contributed by atoms with Crippen molar-refractivity contribution in [2.75, 3.05) is 22.1 Å². The number of rotatable bonds is 3. The van der Waals surface area contributed by atoms with Gasteiger partial charge in [-0.3, -0.25) is 5.32 Å². The number of nitrogens with one attached hydrogen (secondary N) is 2. The number of carbonyl (C=O) groups excluding carboxylic acids is 1. The van der Waals surface area contributed by atoms with Crippen LogP contribution in [0.5, 0.6) is 5.75 Å². The highest BCUT2D eigenvalue weighted by Crippen LogP contribution is 2.54. The summed E-state index contributed by atoms with van der Waals surface area (Å²) < 4.78 is 41.2. The highest BCUT2D eigenvalue weighted by molar-refractivity contribution is 7.09. The number of phenolic OH excluding ortho intramolecular Hbond substituents is 1. The Bertz CT molecular complexity index is 1190. The van der Waals surface area contributed by atoms with Crippen molar-refractivity contribution in [2.45, 2.75) is 32.4 Å². The van der Waals surface area contributed by atoms with Crippen LogP contribution in [-0.2, 0) is 11.6 Å². The van der Waals surface area contributed by atoms with Crippen LogP contribution in [0.2, 0.25) is 0 Å². The number of benzene rings is 2. The predicted molar refractivity (Wildman–Crippen MR) is 119 cm³/mol. The number of urea groups is 1. The molecule has 6 nitrogen and oxygen atoms in total. The van der Waals surface area contributed by atoms with Gasteiger partial charge in [-0.05, 0) is 36.8 Å². The van der Waals surface area contributed by atoms with Crippen molar-refractivity contribution in [3.05, 3.63) is 57.9 Å². The Morgan fingerprint density at radius 3 is 2.56 bits per heavy atom. The Morgan fingerprint density at radius 2 is 1.91 bits per heavy atom. The maximum absolute atomic E-state index is 13.7. The number of aromatic hydroxyl groups is 1. The molecule has 4 rings (SSSR count). The number of fused-ring (bicyclic) bond motifs is 1. The Balaban J connectivity index is 1.73. The van der Waals surface area contributed by atoms with E-state index in [1.807, 2.05) is 6.92 Å². The Labute approximate surface area is 186 Å². The van der Waals surface area contributed by atoms with Gasteiger partial charge in [0.15, 0.2) is 0 Å². The van der Waals surface area contributed by atoms with Crippen molar-refractivity contribution in [1.82, 2.24) is 4.98 Å². The van der Waals surface area contributed by atoms with Gasteiger partial charge in [-0.25, -0.2) is 9.78 Å². The minimum atomic E-state index is -4.56. The first-order valence-corrected chi connectivity index (χ1v) is 10.7. The third-order valence-corrected chi connectivity index (χ3v) is 6.04. The predicted octanol–water partition coefficient (Wildman–Crippen LogP) is 6.25. The van der Waals surface area contributed by atoms with Crippen molar-refractivity contribution in [3.8, 4) is 5.75 Å². The largest absolute Gasteiger partial charge is 0.506 e. The van der Waals surface area contributed by atoms with Gasteiger partial charge < -0.3 is 15.3 Å². The lowest BCUT2D eigenvalue weighted by Crippen LogP contribution is -2.27. The van der Waals surface area contributed by atoms with E-state index >= 15 is 0 Å². The van der Waals surface area contributed by atoms with E-state index in [0.717, 1.165) is 17.1 Å². The zero-order chi connectivity index (χ0) is 23.3. The van der Waals surface area contributed by atoms with Gasteiger partial charge in [-0.2, -0.15) is 13.2 Å². The summed E-state index contributed by atoms with van der Waals surface area (Å²) in [5.41, 5.74) is -0.695. The number of aryl methyl sites for hydroxylation is 1. The summed E-state index contributed by atoms with van der Waals surface area (Å²) in [6, 6.07) is 8.20. The van der Waals surface area contributed by atoms with Crippen molar-refractivity contribution in [2.24, 2.45) is 0 Å². The number of hydrogen-bond acceptors (Lipinski definition) is 5. The second-order valence-corrected chi connectivity index (χ2v) is 9.23. The first kappa shape index (κ1) is 21.9. The Morgan fingerprint density at radius 1 is 1.19 bits per heavy atom. The van der Waals surface area contributed by atoms with Crippen LogP contribution in [0.25, 0.3) is 0 Å². The number of anilines is 4. The molecule has 3 N–H and O–H groups in total. The van der Waals surface area contributed by atoms with Crippen molar-refractivity contribution < 1.29 is 23.1 Å². The number of alkyl halides is 3. The Hall–Kier alpha value is -3.27. The quantitative estimate of drug-likeness (QED) is 0.430. The van der Waals surface area contributed by atoms with Gasteiger partial charge in [0.05, 0.1) is 27.6 Å². The summed E-state index contributed by atoms with van der Waals surface area (Å²) in [6.45, 7) is 5.41. The number of para-hydroxylation sites is 2. The number of amides is 2. The first-order chi connectivity index (χ1) is 15.0.